The SMILES string of the molecule is CN/C=C(/Br)SOC. The van der Waals surface area contributed by atoms with E-state index in [0.717, 1.165) is 3.81 Å². The Balaban J connectivity index is 3.29. The normalized spacial score (nSPS) is 11.6. The van der Waals surface area contributed by atoms with E-state index in [4.69, 9.17) is 4.18 Å². The maximum Gasteiger partial charge on any atom is 0.0937 e. The van der Waals surface area contributed by atoms with Gasteiger partial charge in [-0.3, -0.25) is 0 Å². The molecule has 0 aliphatic carbocycles. The van der Waals surface area contributed by atoms with Gasteiger partial charge in [-0.2, -0.15) is 0 Å². The van der Waals surface area contributed by atoms with Crippen molar-refractivity contribution in [2.24, 2.45) is 0 Å². The second kappa shape index (κ2) is 5.47. The minimum atomic E-state index is 0.933. The van der Waals surface area contributed by atoms with E-state index in [1.807, 2.05) is 7.05 Å². The van der Waals surface area contributed by atoms with Crippen LogP contribution in [0.4, 0.5) is 0 Å². The zero-order chi connectivity index (χ0) is 6.41. The Hall–Kier alpha value is 0.330. The number of hydrogen-bond acceptors (Lipinski definition) is 3. The first-order chi connectivity index (χ1) is 3.81. The summed E-state index contributed by atoms with van der Waals surface area (Å²) in [6.45, 7) is 0. The molecule has 0 fully saturated rings. The van der Waals surface area contributed by atoms with Gasteiger partial charge in [0.15, 0.2) is 0 Å². The van der Waals surface area contributed by atoms with Crippen molar-refractivity contribution in [3.63, 3.8) is 0 Å². The van der Waals surface area contributed by atoms with Crippen LogP contribution in [-0.2, 0) is 4.18 Å². The lowest BCUT2D eigenvalue weighted by Crippen LogP contribution is -1.91. The summed E-state index contributed by atoms with van der Waals surface area (Å²) in [6, 6.07) is 0. The van der Waals surface area contributed by atoms with Crippen molar-refractivity contribution in [2.45, 2.75) is 0 Å². The molecule has 0 aliphatic heterocycles. The molecule has 0 heterocycles. The highest BCUT2D eigenvalue weighted by molar-refractivity contribution is 9.13. The van der Waals surface area contributed by atoms with Crippen molar-refractivity contribution in [2.75, 3.05) is 14.2 Å². The van der Waals surface area contributed by atoms with Crippen molar-refractivity contribution in [1.82, 2.24) is 5.32 Å². The molecule has 0 saturated heterocycles. The van der Waals surface area contributed by atoms with Crippen LogP contribution in [0.1, 0.15) is 0 Å². The van der Waals surface area contributed by atoms with E-state index in [0.29, 0.717) is 0 Å². The number of hydrogen-bond donors (Lipinski definition) is 1. The lowest BCUT2D eigenvalue weighted by atomic mass is 11.0. The molecule has 0 bridgehead atoms. The lowest BCUT2D eigenvalue weighted by molar-refractivity contribution is 0.494. The van der Waals surface area contributed by atoms with E-state index in [2.05, 4.69) is 21.2 Å². The van der Waals surface area contributed by atoms with Gasteiger partial charge >= 0.3 is 0 Å². The Morgan fingerprint density at radius 3 is 2.88 bits per heavy atom. The molecule has 1 N–H and O–H groups in total. The zero-order valence-corrected chi connectivity index (χ0v) is 7.17. The largest absolute Gasteiger partial charge is 0.393 e. The van der Waals surface area contributed by atoms with Crippen molar-refractivity contribution < 1.29 is 4.18 Å². The van der Waals surface area contributed by atoms with Crippen molar-refractivity contribution >= 4 is 28.0 Å². The number of nitrogens with one attached hydrogen (secondary N) is 1. The lowest BCUT2D eigenvalue weighted by Gasteiger charge is -1.92. The van der Waals surface area contributed by atoms with Gasteiger partial charge in [0.1, 0.15) is 0 Å². The number of rotatable bonds is 3. The summed E-state index contributed by atoms with van der Waals surface area (Å²) in [7, 11) is 3.45. The van der Waals surface area contributed by atoms with Crippen molar-refractivity contribution in [3.8, 4) is 0 Å². The van der Waals surface area contributed by atoms with Gasteiger partial charge in [-0.1, -0.05) is 0 Å². The molecule has 0 aromatic carbocycles. The van der Waals surface area contributed by atoms with Crippen LogP contribution in [0, 0.1) is 0 Å². The molecule has 0 rings (SSSR count). The van der Waals surface area contributed by atoms with Crippen LogP contribution in [0.25, 0.3) is 0 Å². The second-order valence-corrected chi connectivity index (χ2v) is 3.31. The third-order valence-electron chi connectivity index (χ3n) is 0.421. The Bertz CT molecular complexity index is 86.1. The smallest absolute Gasteiger partial charge is 0.0937 e. The predicted octanol–water partition coefficient (Wildman–Crippen LogP) is 1.69. The third kappa shape index (κ3) is 4.49. The fourth-order valence-corrected chi connectivity index (χ4v) is 1.17. The van der Waals surface area contributed by atoms with Crippen LogP contribution in [0.15, 0.2) is 10.0 Å². The van der Waals surface area contributed by atoms with Crippen LogP contribution in [0.2, 0.25) is 0 Å². The summed E-state index contributed by atoms with van der Waals surface area (Å²) in [5, 5.41) is 2.84. The molecule has 48 valence electrons. The summed E-state index contributed by atoms with van der Waals surface area (Å²) < 4.78 is 5.65. The summed E-state index contributed by atoms with van der Waals surface area (Å²) in [5.41, 5.74) is 0. The van der Waals surface area contributed by atoms with E-state index >= 15 is 0 Å². The first-order valence-electron chi connectivity index (χ1n) is 2.05. The van der Waals surface area contributed by atoms with Gasteiger partial charge in [0.05, 0.1) is 10.9 Å². The van der Waals surface area contributed by atoms with Crippen LogP contribution in [0.5, 0.6) is 0 Å². The second-order valence-electron chi connectivity index (χ2n) is 0.987. The van der Waals surface area contributed by atoms with E-state index < -0.39 is 0 Å². The minimum absolute atomic E-state index is 0.933. The number of halogens is 1. The maximum atomic E-state index is 4.72. The molecule has 8 heavy (non-hydrogen) atoms. The van der Waals surface area contributed by atoms with Gasteiger partial charge in [0.2, 0.25) is 0 Å². The first kappa shape index (κ1) is 8.33. The van der Waals surface area contributed by atoms with Gasteiger partial charge in [0.25, 0.3) is 0 Å². The quantitative estimate of drug-likeness (QED) is 0.697. The highest BCUT2D eigenvalue weighted by Crippen LogP contribution is 2.20. The molecule has 4 heteroatoms. The zero-order valence-electron chi connectivity index (χ0n) is 4.77. The fraction of sp³-hybridized carbons (Fsp3) is 0.500. The molecule has 0 radical (unpaired) electrons. The summed E-state index contributed by atoms with van der Waals surface area (Å²) >= 11 is 4.51. The monoisotopic (exact) mass is 197 g/mol. The Labute approximate surface area is 62.0 Å². The van der Waals surface area contributed by atoms with Gasteiger partial charge in [0, 0.05) is 25.3 Å². The van der Waals surface area contributed by atoms with Crippen LogP contribution in [-0.4, -0.2) is 14.2 Å². The molecule has 0 unspecified atom stereocenters. The Kier molecular flexibility index (Phi) is 5.69. The molecular formula is C4H8BrNOS. The molecule has 0 spiro atoms. The fourth-order valence-electron chi connectivity index (χ4n) is 0.217. The highest BCUT2D eigenvalue weighted by Gasteiger charge is 1.86. The third-order valence-corrected chi connectivity index (χ3v) is 1.49. The van der Waals surface area contributed by atoms with Crippen molar-refractivity contribution in [1.29, 1.82) is 0 Å². The molecule has 0 saturated carbocycles. The van der Waals surface area contributed by atoms with Crippen LogP contribution >= 0.6 is 28.0 Å². The van der Waals surface area contributed by atoms with Gasteiger partial charge in [-0.15, -0.1) is 0 Å². The van der Waals surface area contributed by atoms with Crippen LogP contribution in [0.3, 0.4) is 0 Å². The first-order valence-corrected chi connectivity index (χ1v) is 3.58. The molecule has 0 atom stereocenters. The highest BCUT2D eigenvalue weighted by atomic mass is 79.9. The summed E-state index contributed by atoms with van der Waals surface area (Å²) in [4.78, 5) is 0. The predicted molar refractivity (Wildman–Crippen MR) is 40.7 cm³/mol. The average Bonchev–Trinajstić information content (AvgIpc) is 1.68. The molecule has 0 aliphatic rings. The van der Waals surface area contributed by atoms with Gasteiger partial charge < -0.3 is 9.50 Å². The average molecular weight is 198 g/mol. The topological polar surface area (TPSA) is 21.3 Å². The van der Waals surface area contributed by atoms with E-state index in [1.165, 1.54) is 12.0 Å². The Morgan fingerprint density at radius 2 is 2.50 bits per heavy atom. The molecule has 0 aromatic heterocycles. The molecule has 2 nitrogen and oxygen atoms in total. The van der Waals surface area contributed by atoms with Crippen molar-refractivity contribution in [3.05, 3.63) is 10.0 Å². The molecule has 0 amide bonds. The standard InChI is InChI=1S/C4H8BrNOS/c1-6-3-4(5)8-7-2/h3,6H,1-2H3/b4-3-. The molecular weight excluding hydrogens is 190 g/mol. The summed E-state index contributed by atoms with van der Waals surface area (Å²) in [5.74, 6) is 0. The van der Waals surface area contributed by atoms with Crippen LogP contribution < -0.4 is 5.32 Å². The van der Waals surface area contributed by atoms with E-state index in [1.54, 1.807) is 13.3 Å². The van der Waals surface area contributed by atoms with Gasteiger partial charge in [-0.25, -0.2) is 0 Å². The maximum absolute atomic E-state index is 4.72. The Morgan fingerprint density at radius 1 is 1.88 bits per heavy atom. The van der Waals surface area contributed by atoms with Gasteiger partial charge in [-0.05, 0) is 15.9 Å². The minimum Gasteiger partial charge on any atom is -0.393 e. The summed E-state index contributed by atoms with van der Waals surface area (Å²) in [6.07, 6.45) is 1.80. The molecule has 0 aromatic rings. The van der Waals surface area contributed by atoms with E-state index in [-0.39, 0.29) is 0 Å². The van der Waals surface area contributed by atoms with E-state index in [9.17, 15) is 0 Å².